The zero-order valence-corrected chi connectivity index (χ0v) is 63.7. The van der Waals surface area contributed by atoms with Crippen molar-refractivity contribution in [2.45, 2.75) is 354 Å². The average Bonchev–Trinajstić information content (AvgIpc) is 1.05. The predicted molar refractivity (Wildman–Crippen MR) is 399 cm³/mol. The summed E-state index contributed by atoms with van der Waals surface area (Å²) >= 11 is 0. The standard InChI is InChI=1S/C79H140O17P2/c1-5-9-13-17-21-25-29-33-35-36-38-42-46-50-54-58-62-66-79(84)96-75(70-90-77(82)64-60-56-52-48-44-40-32-28-24-20-16-12-8-4)72-94-98(87,88)92-68-73(80)67-91-97(85,86)93-71-74(69-89-76(81)63-59-55-51-47-43-39-31-27-23-19-15-11-7-3)95-78(83)65-61-57-53-49-45-41-37-34-30-26-22-18-14-10-6-2/h21,25-26,28,30,32-35,37-38,42,50,54,73-75,80H,5-20,22-24,27,29,31,36,39-41,43-49,51-53,55-72H2,1-4H3,(H,85,86)(H,87,88)/b25-21-,30-26-,32-28-,35-33-,37-34-,42-38-,54-50-/t73-,74+,75+/m0/s1. The third-order valence-electron chi connectivity index (χ3n) is 16.4. The first-order chi connectivity index (χ1) is 47.7. The van der Waals surface area contributed by atoms with Crippen molar-refractivity contribution < 1.29 is 80.2 Å². The van der Waals surface area contributed by atoms with Crippen LogP contribution >= 0.6 is 15.6 Å². The van der Waals surface area contributed by atoms with Crippen molar-refractivity contribution >= 4 is 39.5 Å². The van der Waals surface area contributed by atoms with Crippen LogP contribution < -0.4 is 0 Å². The van der Waals surface area contributed by atoms with Gasteiger partial charge in [-0.15, -0.1) is 0 Å². The Hall–Kier alpha value is -3.76. The molecule has 2 unspecified atom stereocenters. The van der Waals surface area contributed by atoms with Crippen LogP contribution in [-0.4, -0.2) is 96.7 Å². The minimum atomic E-state index is -4.99. The maximum atomic E-state index is 13.1. The van der Waals surface area contributed by atoms with Crippen LogP contribution in [0.4, 0.5) is 0 Å². The van der Waals surface area contributed by atoms with Crippen molar-refractivity contribution in [1.29, 1.82) is 0 Å². The lowest BCUT2D eigenvalue weighted by atomic mass is 10.0. The summed E-state index contributed by atoms with van der Waals surface area (Å²) in [5.74, 6) is -2.25. The first-order valence-corrected chi connectivity index (χ1v) is 41.8. The molecule has 0 aromatic rings. The van der Waals surface area contributed by atoms with Gasteiger partial charge in [-0.25, -0.2) is 9.13 Å². The number of ether oxygens (including phenoxy) is 4. The van der Waals surface area contributed by atoms with Crippen molar-refractivity contribution in [3.8, 4) is 0 Å². The number of phosphoric ester groups is 2. The molecule has 0 saturated heterocycles. The Morgan fingerprint density at radius 1 is 0.296 bits per heavy atom. The minimum absolute atomic E-state index is 0.0187. The molecule has 0 heterocycles. The number of esters is 4. The van der Waals surface area contributed by atoms with E-state index in [1.54, 1.807) is 0 Å². The Bertz CT molecular complexity index is 2190. The summed E-state index contributed by atoms with van der Waals surface area (Å²) in [4.78, 5) is 72.8. The van der Waals surface area contributed by atoms with Crippen LogP contribution in [0.3, 0.4) is 0 Å². The number of aliphatic hydroxyl groups is 1. The second kappa shape index (κ2) is 71.6. The molecule has 568 valence electrons. The van der Waals surface area contributed by atoms with E-state index < -0.39 is 97.5 Å². The molecule has 17 nitrogen and oxygen atoms in total. The monoisotopic (exact) mass is 1420 g/mol. The van der Waals surface area contributed by atoms with Crippen molar-refractivity contribution in [2.75, 3.05) is 39.6 Å². The number of carbonyl (C=O) groups is 4. The lowest BCUT2D eigenvalue weighted by molar-refractivity contribution is -0.161. The van der Waals surface area contributed by atoms with E-state index in [1.807, 2.05) is 12.2 Å². The molecule has 0 spiro atoms. The van der Waals surface area contributed by atoms with Crippen molar-refractivity contribution in [3.05, 3.63) is 85.1 Å². The minimum Gasteiger partial charge on any atom is -0.462 e. The van der Waals surface area contributed by atoms with Crippen LogP contribution in [0.2, 0.25) is 0 Å². The van der Waals surface area contributed by atoms with Gasteiger partial charge in [0.05, 0.1) is 26.4 Å². The Morgan fingerprint density at radius 3 is 0.908 bits per heavy atom. The molecule has 0 aliphatic rings. The molecule has 0 saturated carbocycles. The predicted octanol–water partition coefficient (Wildman–Crippen LogP) is 22.2. The van der Waals surface area contributed by atoms with Gasteiger partial charge in [-0.1, -0.05) is 280 Å². The van der Waals surface area contributed by atoms with Gasteiger partial charge in [0, 0.05) is 25.7 Å². The van der Waals surface area contributed by atoms with Crippen LogP contribution in [0.5, 0.6) is 0 Å². The lowest BCUT2D eigenvalue weighted by Crippen LogP contribution is -2.30. The molecule has 0 aromatic heterocycles. The number of hydrogen-bond donors (Lipinski definition) is 3. The third kappa shape index (κ3) is 70.7. The van der Waals surface area contributed by atoms with Crippen LogP contribution in [0, 0.1) is 0 Å². The Balaban J connectivity index is 5.40. The van der Waals surface area contributed by atoms with Gasteiger partial charge < -0.3 is 33.8 Å². The molecule has 5 atom stereocenters. The maximum absolute atomic E-state index is 13.1. The number of phosphoric acid groups is 2. The summed E-state index contributed by atoms with van der Waals surface area (Å²) in [6, 6.07) is 0. The summed E-state index contributed by atoms with van der Waals surface area (Å²) in [6.07, 6.45) is 72.9. The Morgan fingerprint density at radius 2 is 0.541 bits per heavy atom. The molecular formula is C79H140O17P2. The molecule has 19 heteroatoms. The van der Waals surface area contributed by atoms with Crippen molar-refractivity contribution in [3.63, 3.8) is 0 Å². The molecule has 0 fully saturated rings. The smallest absolute Gasteiger partial charge is 0.462 e. The highest BCUT2D eigenvalue weighted by molar-refractivity contribution is 7.47. The fourth-order valence-corrected chi connectivity index (χ4v) is 12.0. The van der Waals surface area contributed by atoms with Crippen LogP contribution in [0.15, 0.2) is 85.1 Å². The van der Waals surface area contributed by atoms with E-state index in [-0.39, 0.29) is 25.7 Å². The largest absolute Gasteiger partial charge is 0.472 e. The molecule has 0 aromatic carbocycles. The summed E-state index contributed by atoms with van der Waals surface area (Å²) in [7, 11) is -9.96. The highest BCUT2D eigenvalue weighted by atomic mass is 31.2. The SMILES string of the molecule is CCCCC/C=C\C/C=C\C/C=C\C/C=C\CCCC(=O)O[C@H](COC(=O)CCCCCCC/C=C\CCCCCC)COP(=O)(O)OC[C@@H](O)COP(=O)(O)OC[C@@H](COC(=O)CCCCCCCCCCCCCCC)OC(=O)CCCCCCC/C=C\C=C/CCCCCC. The van der Waals surface area contributed by atoms with Gasteiger partial charge in [-0.2, -0.15) is 0 Å². The highest BCUT2D eigenvalue weighted by Crippen LogP contribution is 2.45. The average molecular weight is 1420 g/mol. The highest BCUT2D eigenvalue weighted by Gasteiger charge is 2.30. The van der Waals surface area contributed by atoms with E-state index in [0.29, 0.717) is 32.1 Å². The van der Waals surface area contributed by atoms with E-state index >= 15 is 0 Å². The van der Waals surface area contributed by atoms with Gasteiger partial charge in [-0.05, 0) is 116 Å². The van der Waals surface area contributed by atoms with Crippen molar-refractivity contribution in [1.82, 2.24) is 0 Å². The molecular weight excluding hydrogens is 1280 g/mol. The number of carbonyl (C=O) groups excluding carboxylic acids is 4. The zero-order valence-electron chi connectivity index (χ0n) is 62.0. The van der Waals surface area contributed by atoms with Gasteiger partial charge >= 0.3 is 39.5 Å². The van der Waals surface area contributed by atoms with E-state index in [4.69, 9.17) is 37.0 Å². The number of hydrogen-bond acceptors (Lipinski definition) is 15. The summed E-state index contributed by atoms with van der Waals surface area (Å²) < 4.78 is 68.4. The van der Waals surface area contributed by atoms with Crippen LogP contribution in [-0.2, 0) is 65.4 Å². The molecule has 98 heavy (non-hydrogen) atoms. The maximum Gasteiger partial charge on any atom is 0.472 e. The summed E-state index contributed by atoms with van der Waals surface area (Å²) in [6.45, 7) is 4.75. The van der Waals surface area contributed by atoms with E-state index in [0.717, 1.165) is 122 Å². The normalized spacial score (nSPS) is 14.4. The molecule has 0 amide bonds. The molecule has 0 radical (unpaired) electrons. The second-order valence-corrected chi connectivity index (χ2v) is 28.9. The molecule has 0 aliphatic heterocycles. The van der Waals surface area contributed by atoms with Crippen molar-refractivity contribution in [2.24, 2.45) is 0 Å². The molecule has 0 bridgehead atoms. The van der Waals surface area contributed by atoms with Crippen LogP contribution in [0.1, 0.15) is 336 Å². The zero-order chi connectivity index (χ0) is 71.8. The van der Waals surface area contributed by atoms with Crippen LogP contribution in [0.25, 0.3) is 0 Å². The number of allylic oxidation sites excluding steroid dienone is 14. The fourth-order valence-electron chi connectivity index (χ4n) is 10.4. The molecule has 0 aliphatic carbocycles. The Kier molecular flexibility index (Phi) is 68.9. The fraction of sp³-hybridized carbons (Fsp3) is 0.772. The van der Waals surface area contributed by atoms with Gasteiger partial charge in [0.15, 0.2) is 12.2 Å². The third-order valence-corrected chi connectivity index (χ3v) is 18.3. The number of unbranched alkanes of at least 4 members (excludes halogenated alkanes) is 34. The summed E-state index contributed by atoms with van der Waals surface area (Å²) in [5.41, 5.74) is 0. The number of aliphatic hydroxyl groups excluding tert-OH is 1. The van der Waals surface area contributed by atoms with E-state index in [1.165, 1.54) is 128 Å². The topological polar surface area (TPSA) is 237 Å². The first kappa shape index (κ1) is 94.2. The molecule has 3 N–H and O–H groups in total. The Labute approximate surface area is 595 Å². The lowest BCUT2D eigenvalue weighted by Gasteiger charge is -2.21. The van der Waals surface area contributed by atoms with Gasteiger partial charge in [0.2, 0.25) is 0 Å². The van der Waals surface area contributed by atoms with Gasteiger partial charge in [-0.3, -0.25) is 37.3 Å². The second-order valence-electron chi connectivity index (χ2n) is 26.0. The first-order valence-electron chi connectivity index (χ1n) is 38.8. The van der Waals surface area contributed by atoms with Gasteiger partial charge in [0.1, 0.15) is 19.3 Å². The van der Waals surface area contributed by atoms with E-state index in [2.05, 4.69) is 101 Å². The van der Waals surface area contributed by atoms with E-state index in [9.17, 15) is 43.2 Å². The quantitative estimate of drug-likeness (QED) is 0.0128. The van der Waals surface area contributed by atoms with Gasteiger partial charge in [0.25, 0.3) is 0 Å². The number of rotatable bonds is 73. The summed E-state index contributed by atoms with van der Waals surface area (Å²) in [5, 5.41) is 10.6. The molecule has 0 rings (SSSR count).